The summed E-state index contributed by atoms with van der Waals surface area (Å²) >= 11 is 0. The molecular formula is C19H24N2O. The van der Waals surface area contributed by atoms with Gasteiger partial charge in [-0.2, -0.15) is 0 Å². The Balaban J connectivity index is 1.78. The largest absolute Gasteiger partial charge is 0.487 e. The number of ether oxygens (including phenoxy) is 1. The SMILES string of the molecule is Cc1ccc(OCc2ccccc2)c(N2CCCC(N)C2)c1. The molecule has 2 N–H and O–H groups in total. The van der Waals surface area contributed by atoms with Crippen LogP contribution in [-0.4, -0.2) is 19.1 Å². The van der Waals surface area contributed by atoms with Crippen molar-refractivity contribution in [2.75, 3.05) is 18.0 Å². The molecule has 0 spiro atoms. The molecule has 0 aliphatic carbocycles. The molecule has 1 fully saturated rings. The Morgan fingerprint density at radius 1 is 1.18 bits per heavy atom. The summed E-state index contributed by atoms with van der Waals surface area (Å²) in [5.74, 6) is 0.948. The van der Waals surface area contributed by atoms with Crippen LogP contribution < -0.4 is 15.4 Å². The third-order valence-corrected chi connectivity index (χ3v) is 4.15. The van der Waals surface area contributed by atoms with Gasteiger partial charge in [-0.3, -0.25) is 0 Å². The normalized spacial score (nSPS) is 18.3. The number of benzene rings is 2. The van der Waals surface area contributed by atoms with E-state index in [0.29, 0.717) is 6.61 Å². The van der Waals surface area contributed by atoms with Crippen molar-refractivity contribution in [1.29, 1.82) is 0 Å². The van der Waals surface area contributed by atoms with Gasteiger partial charge < -0.3 is 15.4 Å². The molecule has 1 aliphatic rings. The lowest BCUT2D eigenvalue weighted by Crippen LogP contribution is -2.43. The number of anilines is 1. The van der Waals surface area contributed by atoms with E-state index in [1.807, 2.05) is 18.2 Å². The van der Waals surface area contributed by atoms with E-state index < -0.39 is 0 Å². The van der Waals surface area contributed by atoms with Crippen molar-refractivity contribution < 1.29 is 4.74 Å². The maximum absolute atomic E-state index is 6.13. The number of nitrogens with two attached hydrogens (primary N) is 1. The van der Waals surface area contributed by atoms with Crippen LogP contribution >= 0.6 is 0 Å². The van der Waals surface area contributed by atoms with Gasteiger partial charge in [0.05, 0.1) is 5.69 Å². The minimum atomic E-state index is 0.260. The third kappa shape index (κ3) is 3.60. The van der Waals surface area contributed by atoms with Crippen molar-refractivity contribution in [3.05, 3.63) is 59.7 Å². The predicted octanol–water partition coefficient (Wildman–Crippen LogP) is 3.50. The molecule has 22 heavy (non-hydrogen) atoms. The standard InChI is InChI=1S/C19H24N2O/c1-15-9-10-19(22-14-16-6-3-2-4-7-16)18(12-15)21-11-5-8-17(20)13-21/h2-4,6-7,9-10,12,17H,5,8,11,13-14,20H2,1H3. The highest BCUT2D eigenvalue weighted by Gasteiger charge is 2.20. The van der Waals surface area contributed by atoms with Gasteiger partial charge in [-0.25, -0.2) is 0 Å². The van der Waals surface area contributed by atoms with Gasteiger partial charge in [-0.15, -0.1) is 0 Å². The van der Waals surface area contributed by atoms with Crippen LogP contribution in [0.5, 0.6) is 5.75 Å². The van der Waals surface area contributed by atoms with Gasteiger partial charge >= 0.3 is 0 Å². The van der Waals surface area contributed by atoms with Crippen LogP contribution in [0.2, 0.25) is 0 Å². The van der Waals surface area contributed by atoms with Crippen LogP contribution in [0.1, 0.15) is 24.0 Å². The summed E-state index contributed by atoms with van der Waals surface area (Å²) in [6.45, 7) is 4.68. The van der Waals surface area contributed by atoms with E-state index in [4.69, 9.17) is 10.5 Å². The predicted molar refractivity (Wildman–Crippen MR) is 91.4 cm³/mol. The average molecular weight is 296 g/mol. The molecule has 1 unspecified atom stereocenters. The van der Waals surface area contributed by atoms with Crippen LogP contribution in [-0.2, 0) is 6.61 Å². The summed E-state index contributed by atoms with van der Waals surface area (Å²) in [5.41, 5.74) is 9.74. The minimum Gasteiger partial charge on any atom is -0.487 e. The number of rotatable bonds is 4. The van der Waals surface area contributed by atoms with Crippen LogP contribution in [0.25, 0.3) is 0 Å². The highest BCUT2D eigenvalue weighted by molar-refractivity contribution is 5.60. The first-order valence-corrected chi connectivity index (χ1v) is 8.00. The van der Waals surface area contributed by atoms with E-state index in [1.165, 1.54) is 16.8 Å². The monoisotopic (exact) mass is 296 g/mol. The third-order valence-electron chi connectivity index (χ3n) is 4.15. The maximum atomic E-state index is 6.13. The first-order chi connectivity index (χ1) is 10.7. The van der Waals surface area contributed by atoms with E-state index in [9.17, 15) is 0 Å². The second kappa shape index (κ2) is 6.84. The molecule has 0 bridgehead atoms. The van der Waals surface area contributed by atoms with E-state index in [0.717, 1.165) is 31.7 Å². The summed E-state index contributed by atoms with van der Waals surface area (Å²) in [7, 11) is 0. The smallest absolute Gasteiger partial charge is 0.143 e. The molecule has 2 aromatic rings. The zero-order valence-electron chi connectivity index (χ0n) is 13.2. The first kappa shape index (κ1) is 14.9. The quantitative estimate of drug-likeness (QED) is 0.938. The molecule has 0 aromatic heterocycles. The van der Waals surface area contributed by atoms with Gasteiger partial charge in [0.1, 0.15) is 12.4 Å². The van der Waals surface area contributed by atoms with Crippen LogP contribution in [0.15, 0.2) is 48.5 Å². The Morgan fingerprint density at radius 3 is 2.77 bits per heavy atom. The second-order valence-electron chi connectivity index (χ2n) is 6.09. The molecule has 1 heterocycles. The first-order valence-electron chi connectivity index (χ1n) is 8.00. The summed E-state index contributed by atoms with van der Waals surface area (Å²) in [6.07, 6.45) is 2.26. The zero-order valence-corrected chi connectivity index (χ0v) is 13.2. The molecule has 0 amide bonds. The minimum absolute atomic E-state index is 0.260. The Bertz CT molecular complexity index is 612. The zero-order chi connectivity index (χ0) is 15.4. The van der Waals surface area contributed by atoms with E-state index in [2.05, 4.69) is 42.2 Å². The van der Waals surface area contributed by atoms with Crippen molar-refractivity contribution >= 4 is 5.69 Å². The molecule has 3 nitrogen and oxygen atoms in total. The van der Waals surface area contributed by atoms with Gasteiger partial charge in [0.25, 0.3) is 0 Å². The fraction of sp³-hybridized carbons (Fsp3) is 0.368. The number of aryl methyl sites for hydroxylation is 1. The molecule has 3 heteroatoms. The summed E-state index contributed by atoms with van der Waals surface area (Å²) in [6, 6.07) is 16.9. The second-order valence-corrected chi connectivity index (χ2v) is 6.09. The van der Waals surface area contributed by atoms with Gasteiger partial charge in [-0.05, 0) is 43.0 Å². The Hall–Kier alpha value is -2.00. The Labute approximate surface area is 132 Å². The highest BCUT2D eigenvalue weighted by Crippen LogP contribution is 2.32. The lowest BCUT2D eigenvalue weighted by Gasteiger charge is -2.33. The van der Waals surface area contributed by atoms with Gasteiger partial charge in [0.15, 0.2) is 0 Å². The molecule has 0 radical (unpaired) electrons. The van der Waals surface area contributed by atoms with Gasteiger partial charge in [0.2, 0.25) is 0 Å². The topological polar surface area (TPSA) is 38.5 Å². The Kier molecular flexibility index (Phi) is 4.64. The molecule has 1 saturated heterocycles. The molecule has 1 aliphatic heterocycles. The van der Waals surface area contributed by atoms with Crippen molar-refractivity contribution in [1.82, 2.24) is 0 Å². The number of hydrogen-bond donors (Lipinski definition) is 1. The fourth-order valence-electron chi connectivity index (χ4n) is 2.96. The van der Waals surface area contributed by atoms with Gasteiger partial charge in [0, 0.05) is 19.1 Å². The number of piperidine rings is 1. The molecular weight excluding hydrogens is 272 g/mol. The average Bonchev–Trinajstić information content (AvgIpc) is 2.54. The molecule has 116 valence electrons. The highest BCUT2D eigenvalue weighted by atomic mass is 16.5. The van der Waals surface area contributed by atoms with Crippen molar-refractivity contribution in [3.8, 4) is 5.75 Å². The molecule has 3 rings (SSSR count). The van der Waals surface area contributed by atoms with E-state index in [-0.39, 0.29) is 6.04 Å². The van der Waals surface area contributed by atoms with Crippen molar-refractivity contribution in [2.45, 2.75) is 32.4 Å². The van der Waals surface area contributed by atoms with Crippen LogP contribution in [0.4, 0.5) is 5.69 Å². The molecule has 0 saturated carbocycles. The lowest BCUT2D eigenvalue weighted by molar-refractivity contribution is 0.305. The van der Waals surface area contributed by atoms with E-state index >= 15 is 0 Å². The van der Waals surface area contributed by atoms with E-state index in [1.54, 1.807) is 0 Å². The number of hydrogen-bond acceptors (Lipinski definition) is 3. The van der Waals surface area contributed by atoms with Crippen molar-refractivity contribution in [2.24, 2.45) is 5.73 Å². The van der Waals surface area contributed by atoms with Gasteiger partial charge in [-0.1, -0.05) is 36.4 Å². The summed E-state index contributed by atoms with van der Waals surface area (Å²) in [5, 5.41) is 0. The number of nitrogens with zero attached hydrogens (tertiary/aromatic N) is 1. The summed E-state index contributed by atoms with van der Waals surface area (Å²) < 4.78 is 6.08. The summed E-state index contributed by atoms with van der Waals surface area (Å²) in [4.78, 5) is 2.36. The van der Waals surface area contributed by atoms with Crippen molar-refractivity contribution in [3.63, 3.8) is 0 Å². The Morgan fingerprint density at radius 2 is 2.00 bits per heavy atom. The molecule has 2 aromatic carbocycles. The lowest BCUT2D eigenvalue weighted by atomic mass is 10.0. The fourth-order valence-corrected chi connectivity index (χ4v) is 2.96. The van der Waals surface area contributed by atoms with Crippen LogP contribution in [0, 0.1) is 6.92 Å². The molecule has 1 atom stereocenters. The van der Waals surface area contributed by atoms with Crippen LogP contribution in [0.3, 0.4) is 0 Å². The maximum Gasteiger partial charge on any atom is 0.143 e.